The van der Waals surface area contributed by atoms with Gasteiger partial charge in [-0.15, -0.1) is 0 Å². The summed E-state index contributed by atoms with van der Waals surface area (Å²) in [6.07, 6.45) is 0.423. The topological polar surface area (TPSA) is 86.9 Å². The molecule has 4 aromatic rings. The lowest BCUT2D eigenvalue weighted by Crippen LogP contribution is -2.19. The number of carbonyl (C=O) groups excluding carboxylic acids is 1. The molecule has 3 N–H and O–H groups in total. The Bertz CT molecular complexity index is 1250. The number of H-pyrrole nitrogens is 1. The molecule has 0 aliphatic carbocycles. The molecule has 0 aliphatic rings. The van der Waals surface area contributed by atoms with Crippen LogP contribution in [-0.2, 0) is 11.2 Å². The molecular formula is C24H22N4O2. The van der Waals surface area contributed by atoms with Gasteiger partial charge in [0.15, 0.2) is 0 Å². The Morgan fingerprint density at radius 1 is 0.933 bits per heavy atom. The molecule has 4 rings (SSSR count). The molecule has 6 nitrogen and oxygen atoms in total. The molecule has 0 atom stereocenters. The van der Waals surface area contributed by atoms with E-state index in [-0.39, 0.29) is 24.3 Å². The Hall–Kier alpha value is -3.93. The summed E-state index contributed by atoms with van der Waals surface area (Å²) in [6.45, 7) is 2.04. The average molecular weight is 398 g/mol. The minimum atomic E-state index is -0.261. The second kappa shape index (κ2) is 8.61. The number of amides is 1. The van der Waals surface area contributed by atoms with Crippen LogP contribution in [-0.4, -0.2) is 15.9 Å². The number of benzene rings is 3. The molecule has 6 heteroatoms. The molecule has 30 heavy (non-hydrogen) atoms. The summed E-state index contributed by atoms with van der Waals surface area (Å²) in [5, 5.41) is 6.25. The molecule has 0 aliphatic heterocycles. The summed E-state index contributed by atoms with van der Waals surface area (Å²) < 4.78 is 0. The molecule has 150 valence electrons. The fourth-order valence-corrected chi connectivity index (χ4v) is 3.18. The predicted molar refractivity (Wildman–Crippen MR) is 120 cm³/mol. The van der Waals surface area contributed by atoms with Gasteiger partial charge < -0.3 is 15.6 Å². The van der Waals surface area contributed by atoms with Crippen molar-refractivity contribution in [3.8, 4) is 0 Å². The number of carbonyl (C=O) groups is 1. The van der Waals surface area contributed by atoms with E-state index in [1.807, 2.05) is 73.7 Å². The Balaban J connectivity index is 1.44. The Labute approximate surface area is 174 Å². The molecule has 0 saturated heterocycles. The fraction of sp³-hybridized carbons (Fsp3) is 0.125. The van der Waals surface area contributed by atoms with Gasteiger partial charge >= 0.3 is 0 Å². The first kappa shape index (κ1) is 19.4. The number of nitrogens with one attached hydrogen (secondary N) is 3. The van der Waals surface area contributed by atoms with Crippen molar-refractivity contribution in [2.24, 2.45) is 0 Å². The normalized spacial score (nSPS) is 10.7. The van der Waals surface area contributed by atoms with Gasteiger partial charge in [-0.25, -0.2) is 4.98 Å². The molecule has 0 radical (unpaired) electrons. The number of nitrogens with zero attached hydrogens (tertiary/aromatic N) is 1. The highest BCUT2D eigenvalue weighted by Crippen LogP contribution is 2.25. The SMILES string of the molecule is Cc1ccc(Nc2ccccc2NC(=O)CCc2nc3ccccc3[nH]c2=O)cc1. The molecule has 3 aromatic carbocycles. The van der Waals surface area contributed by atoms with E-state index in [1.165, 1.54) is 5.56 Å². The third-order valence-corrected chi connectivity index (χ3v) is 4.79. The second-order valence-electron chi connectivity index (χ2n) is 7.11. The Morgan fingerprint density at radius 2 is 1.63 bits per heavy atom. The predicted octanol–water partition coefficient (Wildman–Crippen LogP) is 4.55. The molecule has 1 aromatic heterocycles. The Morgan fingerprint density at radius 3 is 2.43 bits per heavy atom. The van der Waals surface area contributed by atoms with E-state index >= 15 is 0 Å². The van der Waals surface area contributed by atoms with Crippen LogP contribution in [0.15, 0.2) is 77.6 Å². The van der Waals surface area contributed by atoms with Crippen molar-refractivity contribution in [3.05, 3.63) is 94.4 Å². The summed E-state index contributed by atoms with van der Waals surface area (Å²) in [6, 6.07) is 22.9. The van der Waals surface area contributed by atoms with Crippen molar-refractivity contribution in [1.82, 2.24) is 9.97 Å². The van der Waals surface area contributed by atoms with Crippen LogP contribution >= 0.6 is 0 Å². The van der Waals surface area contributed by atoms with Gasteiger partial charge in [-0.3, -0.25) is 9.59 Å². The van der Waals surface area contributed by atoms with Gasteiger partial charge in [0.25, 0.3) is 5.56 Å². The number of hydrogen-bond donors (Lipinski definition) is 3. The number of aromatic amines is 1. The zero-order chi connectivity index (χ0) is 20.9. The largest absolute Gasteiger partial charge is 0.354 e. The van der Waals surface area contributed by atoms with Crippen LogP contribution in [0, 0.1) is 6.92 Å². The summed E-state index contributed by atoms with van der Waals surface area (Å²) in [5.74, 6) is -0.178. The standard InChI is InChI=1S/C24H22N4O2/c1-16-10-12-17(13-11-16)25-18-6-2-4-8-20(18)27-23(29)15-14-22-24(30)28-21-9-5-3-7-19(21)26-22/h2-13,25H,14-15H2,1H3,(H,27,29)(H,28,30). The lowest BCUT2D eigenvalue weighted by atomic mass is 10.2. The zero-order valence-corrected chi connectivity index (χ0v) is 16.6. The van der Waals surface area contributed by atoms with Crippen molar-refractivity contribution < 1.29 is 4.79 Å². The highest BCUT2D eigenvalue weighted by Gasteiger charge is 2.10. The maximum Gasteiger partial charge on any atom is 0.270 e. The number of hydrogen-bond acceptors (Lipinski definition) is 4. The van der Waals surface area contributed by atoms with Crippen molar-refractivity contribution in [2.45, 2.75) is 19.8 Å². The van der Waals surface area contributed by atoms with Crippen LogP contribution in [0.2, 0.25) is 0 Å². The summed E-state index contributed by atoms with van der Waals surface area (Å²) in [7, 11) is 0. The van der Waals surface area contributed by atoms with Crippen LogP contribution in [0.3, 0.4) is 0 Å². The van der Waals surface area contributed by atoms with E-state index in [0.29, 0.717) is 22.4 Å². The maximum absolute atomic E-state index is 12.5. The number of fused-ring (bicyclic) bond motifs is 1. The molecular weight excluding hydrogens is 376 g/mol. The quantitative estimate of drug-likeness (QED) is 0.445. The number of rotatable bonds is 6. The number of para-hydroxylation sites is 4. The van der Waals surface area contributed by atoms with Crippen LogP contribution in [0.5, 0.6) is 0 Å². The van der Waals surface area contributed by atoms with Gasteiger partial charge in [-0.1, -0.05) is 42.0 Å². The first-order valence-electron chi connectivity index (χ1n) is 9.79. The van der Waals surface area contributed by atoms with Gasteiger partial charge in [0.1, 0.15) is 5.69 Å². The molecule has 1 heterocycles. The van der Waals surface area contributed by atoms with Crippen molar-refractivity contribution in [1.29, 1.82) is 0 Å². The van der Waals surface area contributed by atoms with Gasteiger partial charge in [0.05, 0.1) is 22.4 Å². The lowest BCUT2D eigenvalue weighted by Gasteiger charge is -2.13. The molecule has 0 spiro atoms. The van der Waals surface area contributed by atoms with E-state index < -0.39 is 0 Å². The van der Waals surface area contributed by atoms with Crippen LogP contribution in [0.25, 0.3) is 11.0 Å². The molecule has 1 amide bonds. The first-order chi connectivity index (χ1) is 14.6. The number of anilines is 3. The minimum Gasteiger partial charge on any atom is -0.354 e. The highest BCUT2D eigenvalue weighted by atomic mass is 16.1. The Kier molecular flexibility index (Phi) is 5.57. The van der Waals surface area contributed by atoms with Gasteiger partial charge in [-0.2, -0.15) is 0 Å². The van der Waals surface area contributed by atoms with Crippen LogP contribution < -0.4 is 16.2 Å². The van der Waals surface area contributed by atoms with Gasteiger partial charge in [-0.05, 0) is 43.3 Å². The fourth-order valence-electron chi connectivity index (χ4n) is 3.18. The number of aromatic nitrogens is 2. The first-order valence-corrected chi connectivity index (χ1v) is 9.79. The summed E-state index contributed by atoms with van der Waals surface area (Å²) in [5.41, 5.74) is 5.10. The molecule has 0 saturated carbocycles. The third kappa shape index (κ3) is 4.55. The van der Waals surface area contributed by atoms with Crippen molar-refractivity contribution in [2.75, 3.05) is 10.6 Å². The molecule has 0 bridgehead atoms. The minimum absolute atomic E-state index is 0.160. The van der Waals surface area contributed by atoms with Gasteiger partial charge in [0, 0.05) is 18.5 Å². The van der Waals surface area contributed by atoms with E-state index in [0.717, 1.165) is 11.4 Å². The number of aryl methyl sites for hydroxylation is 2. The van der Waals surface area contributed by atoms with Crippen LogP contribution in [0.4, 0.5) is 17.1 Å². The lowest BCUT2D eigenvalue weighted by molar-refractivity contribution is -0.116. The van der Waals surface area contributed by atoms with Crippen molar-refractivity contribution in [3.63, 3.8) is 0 Å². The summed E-state index contributed by atoms with van der Waals surface area (Å²) >= 11 is 0. The van der Waals surface area contributed by atoms with E-state index in [1.54, 1.807) is 6.07 Å². The second-order valence-corrected chi connectivity index (χ2v) is 7.11. The van der Waals surface area contributed by atoms with Crippen LogP contribution in [0.1, 0.15) is 17.7 Å². The third-order valence-electron chi connectivity index (χ3n) is 4.79. The van der Waals surface area contributed by atoms with E-state index in [2.05, 4.69) is 20.6 Å². The average Bonchev–Trinajstić information content (AvgIpc) is 2.75. The van der Waals surface area contributed by atoms with Gasteiger partial charge in [0.2, 0.25) is 5.91 Å². The maximum atomic E-state index is 12.5. The van der Waals surface area contributed by atoms with E-state index in [4.69, 9.17) is 0 Å². The monoisotopic (exact) mass is 398 g/mol. The highest BCUT2D eigenvalue weighted by molar-refractivity contribution is 5.95. The molecule has 0 unspecified atom stereocenters. The van der Waals surface area contributed by atoms with E-state index in [9.17, 15) is 9.59 Å². The van der Waals surface area contributed by atoms with Crippen molar-refractivity contribution >= 4 is 34.0 Å². The smallest absolute Gasteiger partial charge is 0.270 e. The zero-order valence-electron chi connectivity index (χ0n) is 16.6. The summed E-state index contributed by atoms with van der Waals surface area (Å²) in [4.78, 5) is 32.0. The molecule has 0 fully saturated rings.